The SMILES string of the molecule is COc1c(F)c(F)cc(C(=O)Nc2ccc(Oc3ccc(-n4cccc4)nn3)cc2)c1F. The van der Waals surface area contributed by atoms with Gasteiger partial charge in [-0.15, -0.1) is 10.2 Å². The second kappa shape index (κ2) is 8.80. The minimum Gasteiger partial charge on any atom is -0.491 e. The molecule has 2 aromatic carbocycles. The van der Waals surface area contributed by atoms with Gasteiger partial charge in [0.15, 0.2) is 23.2 Å². The van der Waals surface area contributed by atoms with Crippen molar-refractivity contribution in [3.63, 3.8) is 0 Å². The van der Waals surface area contributed by atoms with Crippen molar-refractivity contribution in [3.05, 3.63) is 90.0 Å². The fraction of sp³-hybridized carbons (Fsp3) is 0.0455. The molecule has 4 aromatic rings. The van der Waals surface area contributed by atoms with Gasteiger partial charge in [-0.05, 0) is 48.5 Å². The number of hydrogen-bond acceptors (Lipinski definition) is 5. The Bertz CT molecular complexity index is 1250. The number of hydrogen-bond donors (Lipinski definition) is 1. The molecule has 162 valence electrons. The van der Waals surface area contributed by atoms with E-state index in [1.54, 1.807) is 28.8 Å². The van der Waals surface area contributed by atoms with Gasteiger partial charge in [0.05, 0.1) is 12.7 Å². The van der Waals surface area contributed by atoms with Crippen LogP contribution >= 0.6 is 0 Å². The lowest BCUT2D eigenvalue weighted by Crippen LogP contribution is -2.15. The second-order valence-electron chi connectivity index (χ2n) is 6.47. The Kier molecular flexibility index (Phi) is 5.75. The lowest BCUT2D eigenvalue weighted by molar-refractivity contribution is 0.102. The third-order valence-electron chi connectivity index (χ3n) is 4.39. The maximum Gasteiger partial charge on any atom is 0.258 e. The maximum absolute atomic E-state index is 14.3. The quantitative estimate of drug-likeness (QED) is 0.439. The Hall–Kier alpha value is -4.34. The summed E-state index contributed by atoms with van der Waals surface area (Å²) in [7, 11) is 0.972. The minimum absolute atomic E-state index is 0.258. The number of ether oxygens (including phenoxy) is 2. The number of halogens is 3. The van der Waals surface area contributed by atoms with Crippen LogP contribution in [0.25, 0.3) is 5.82 Å². The van der Waals surface area contributed by atoms with Crippen LogP contribution in [-0.4, -0.2) is 27.8 Å². The third-order valence-corrected chi connectivity index (χ3v) is 4.39. The molecule has 0 unspecified atom stereocenters. The Morgan fingerprint density at radius 2 is 1.69 bits per heavy atom. The van der Waals surface area contributed by atoms with E-state index in [0.717, 1.165) is 7.11 Å². The molecular weight excluding hydrogens is 425 g/mol. The van der Waals surface area contributed by atoms with Crippen LogP contribution in [0.1, 0.15) is 10.4 Å². The number of carbonyl (C=O) groups excluding carboxylic acids is 1. The van der Waals surface area contributed by atoms with E-state index in [-0.39, 0.29) is 11.6 Å². The summed E-state index contributed by atoms with van der Waals surface area (Å²) in [5.74, 6) is -4.86. The fourth-order valence-electron chi connectivity index (χ4n) is 2.84. The van der Waals surface area contributed by atoms with Crippen molar-refractivity contribution >= 4 is 11.6 Å². The molecule has 0 saturated heterocycles. The summed E-state index contributed by atoms with van der Waals surface area (Å²) in [6.45, 7) is 0. The van der Waals surface area contributed by atoms with Crippen LogP contribution in [0, 0.1) is 17.5 Å². The summed E-state index contributed by atoms with van der Waals surface area (Å²) >= 11 is 0. The van der Waals surface area contributed by atoms with Gasteiger partial charge >= 0.3 is 0 Å². The van der Waals surface area contributed by atoms with Crippen LogP contribution in [0.4, 0.5) is 18.9 Å². The number of carbonyl (C=O) groups is 1. The van der Waals surface area contributed by atoms with Gasteiger partial charge < -0.3 is 19.4 Å². The fourth-order valence-corrected chi connectivity index (χ4v) is 2.84. The summed E-state index contributed by atoms with van der Waals surface area (Å²) in [5.41, 5.74) is -0.418. The van der Waals surface area contributed by atoms with E-state index in [0.29, 0.717) is 17.6 Å². The van der Waals surface area contributed by atoms with Gasteiger partial charge in [-0.3, -0.25) is 4.79 Å². The zero-order chi connectivity index (χ0) is 22.7. The highest BCUT2D eigenvalue weighted by molar-refractivity contribution is 6.04. The van der Waals surface area contributed by atoms with Crippen LogP contribution in [0.5, 0.6) is 17.4 Å². The van der Waals surface area contributed by atoms with Gasteiger partial charge in [-0.2, -0.15) is 4.39 Å². The number of methoxy groups -OCH3 is 1. The molecule has 1 N–H and O–H groups in total. The standard InChI is InChI=1S/C22H15F3N4O3/c1-31-21-19(24)15(12-16(23)20(21)25)22(30)26-13-4-6-14(7-5-13)32-18-9-8-17(27-28-18)29-10-2-3-11-29/h2-12H,1H3,(H,26,30). The minimum atomic E-state index is -1.51. The summed E-state index contributed by atoms with van der Waals surface area (Å²) in [4.78, 5) is 12.3. The van der Waals surface area contributed by atoms with Crippen molar-refractivity contribution in [1.29, 1.82) is 0 Å². The number of benzene rings is 2. The van der Waals surface area contributed by atoms with Crippen LogP contribution in [0.2, 0.25) is 0 Å². The number of anilines is 1. The molecule has 0 aliphatic rings. The third kappa shape index (κ3) is 4.24. The molecule has 0 atom stereocenters. The summed E-state index contributed by atoms with van der Waals surface area (Å²) < 4.78 is 53.4. The van der Waals surface area contributed by atoms with Crippen molar-refractivity contribution < 1.29 is 27.4 Å². The zero-order valence-electron chi connectivity index (χ0n) is 16.6. The van der Waals surface area contributed by atoms with Crippen molar-refractivity contribution in [2.24, 2.45) is 0 Å². The van der Waals surface area contributed by atoms with Crippen molar-refractivity contribution in [3.8, 4) is 23.2 Å². The van der Waals surface area contributed by atoms with E-state index < -0.39 is 34.7 Å². The van der Waals surface area contributed by atoms with Crippen LogP contribution in [0.3, 0.4) is 0 Å². The molecule has 0 radical (unpaired) electrons. The second-order valence-corrected chi connectivity index (χ2v) is 6.47. The summed E-state index contributed by atoms with van der Waals surface area (Å²) in [6, 6.07) is 13.6. The first-order valence-electron chi connectivity index (χ1n) is 9.24. The molecule has 0 aliphatic heterocycles. The van der Waals surface area contributed by atoms with Gasteiger partial charge in [0.25, 0.3) is 5.91 Å². The molecule has 0 bridgehead atoms. The Balaban J connectivity index is 1.44. The van der Waals surface area contributed by atoms with Gasteiger partial charge in [-0.1, -0.05) is 0 Å². The number of aromatic nitrogens is 3. The molecule has 0 fully saturated rings. The van der Waals surface area contributed by atoms with E-state index in [1.807, 2.05) is 24.5 Å². The Morgan fingerprint density at radius 1 is 0.969 bits per heavy atom. The molecule has 2 aromatic heterocycles. The smallest absolute Gasteiger partial charge is 0.258 e. The average Bonchev–Trinajstić information content (AvgIpc) is 3.33. The molecule has 7 nitrogen and oxygen atoms in total. The van der Waals surface area contributed by atoms with Crippen molar-refractivity contribution in [2.75, 3.05) is 12.4 Å². The van der Waals surface area contributed by atoms with E-state index in [4.69, 9.17) is 4.74 Å². The number of amides is 1. The maximum atomic E-state index is 14.3. The average molecular weight is 440 g/mol. The van der Waals surface area contributed by atoms with Gasteiger partial charge in [0.1, 0.15) is 5.75 Å². The highest BCUT2D eigenvalue weighted by Gasteiger charge is 2.23. The first-order chi connectivity index (χ1) is 15.5. The van der Waals surface area contributed by atoms with Crippen LogP contribution in [-0.2, 0) is 0 Å². The molecule has 1 amide bonds. The molecule has 4 rings (SSSR count). The van der Waals surface area contributed by atoms with Crippen LogP contribution < -0.4 is 14.8 Å². The predicted octanol–water partition coefficient (Wildman–Crippen LogP) is 4.74. The summed E-state index contributed by atoms with van der Waals surface area (Å²) in [5, 5.41) is 10.5. The first kappa shape index (κ1) is 20.9. The molecule has 32 heavy (non-hydrogen) atoms. The molecule has 0 spiro atoms. The molecule has 0 saturated carbocycles. The molecule has 0 aliphatic carbocycles. The zero-order valence-corrected chi connectivity index (χ0v) is 16.6. The first-order valence-corrected chi connectivity index (χ1v) is 9.24. The van der Waals surface area contributed by atoms with Crippen molar-refractivity contribution in [2.45, 2.75) is 0 Å². The lowest BCUT2D eigenvalue weighted by Gasteiger charge is -2.11. The van der Waals surface area contributed by atoms with E-state index in [1.165, 1.54) is 12.1 Å². The highest BCUT2D eigenvalue weighted by atomic mass is 19.2. The molecular formula is C22H15F3N4O3. The molecule has 10 heteroatoms. The van der Waals surface area contributed by atoms with E-state index in [9.17, 15) is 18.0 Å². The number of nitrogens with one attached hydrogen (secondary N) is 1. The Morgan fingerprint density at radius 3 is 2.31 bits per heavy atom. The van der Waals surface area contributed by atoms with Crippen LogP contribution in [0.15, 0.2) is 67.0 Å². The molecule has 2 heterocycles. The van der Waals surface area contributed by atoms with Gasteiger partial charge in [-0.25, -0.2) is 8.78 Å². The van der Waals surface area contributed by atoms with E-state index in [2.05, 4.69) is 20.3 Å². The summed E-state index contributed by atoms with van der Waals surface area (Å²) in [6.07, 6.45) is 3.67. The number of nitrogens with zero attached hydrogens (tertiary/aromatic N) is 3. The predicted molar refractivity (Wildman–Crippen MR) is 109 cm³/mol. The highest BCUT2D eigenvalue weighted by Crippen LogP contribution is 2.28. The van der Waals surface area contributed by atoms with Crippen molar-refractivity contribution in [1.82, 2.24) is 14.8 Å². The van der Waals surface area contributed by atoms with Gasteiger partial charge in [0, 0.05) is 24.1 Å². The monoisotopic (exact) mass is 440 g/mol. The lowest BCUT2D eigenvalue weighted by atomic mass is 10.1. The van der Waals surface area contributed by atoms with E-state index >= 15 is 0 Å². The number of rotatable bonds is 6. The normalized spacial score (nSPS) is 10.6. The van der Waals surface area contributed by atoms with Gasteiger partial charge in [0.2, 0.25) is 11.7 Å². The largest absolute Gasteiger partial charge is 0.491 e. The Labute approximate surface area is 180 Å². The topological polar surface area (TPSA) is 78.3 Å².